The lowest BCUT2D eigenvalue weighted by Crippen LogP contribution is -2.47. The minimum atomic E-state index is -5.08. The number of aliphatic hydroxyl groups excluding tert-OH is 1. The van der Waals surface area contributed by atoms with Crippen LogP contribution in [0.5, 0.6) is 0 Å². The first-order valence-corrected chi connectivity index (χ1v) is 20.8. The third-order valence-electron chi connectivity index (χ3n) is 9.76. The number of alkyl halides is 3. The number of nitrogens with zero attached hydrogens (tertiary/aromatic N) is 3. The number of aromatic nitrogens is 1. The van der Waals surface area contributed by atoms with Gasteiger partial charge >= 0.3 is 18.1 Å². The molecule has 1 saturated heterocycles. The van der Waals surface area contributed by atoms with Gasteiger partial charge in [-0.2, -0.15) is 13.2 Å². The van der Waals surface area contributed by atoms with Crippen molar-refractivity contribution in [3.05, 3.63) is 83.7 Å². The van der Waals surface area contributed by atoms with Gasteiger partial charge in [0.25, 0.3) is 0 Å². The molecule has 3 aromatic rings. The van der Waals surface area contributed by atoms with Gasteiger partial charge in [-0.1, -0.05) is 51.1 Å². The Kier molecular flexibility index (Phi) is 19.2. The molecule has 0 spiro atoms. The Morgan fingerprint density at radius 2 is 1.61 bits per heavy atom. The van der Waals surface area contributed by atoms with E-state index in [9.17, 15) is 51.4 Å². The van der Waals surface area contributed by atoms with E-state index >= 15 is 4.39 Å². The second kappa shape index (κ2) is 23.3. The number of carbonyl (C=O) groups excluding carboxylic acids is 5. The largest absolute Gasteiger partial charge is 0.490 e. The Morgan fingerprint density at radius 3 is 2.19 bits per heavy atom. The third-order valence-corrected chi connectivity index (χ3v) is 11.1. The number of hydrogen-bond donors (Lipinski definition) is 6. The lowest BCUT2D eigenvalue weighted by Gasteiger charge is -2.41. The number of aliphatic carboxylic acids is 2. The number of benzene rings is 2. The lowest BCUT2D eigenvalue weighted by atomic mass is 9.82. The molecule has 8 N–H and O–H groups in total. The first-order chi connectivity index (χ1) is 29.8. The highest BCUT2D eigenvalue weighted by atomic mass is 32.2. The molecule has 1 fully saturated rings. The van der Waals surface area contributed by atoms with E-state index in [1.165, 1.54) is 4.90 Å². The number of aliphatic hydroxyl groups is 1. The fraction of sp³-hybridized carbons (Fsp3) is 0.452. The van der Waals surface area contributed by atoms with Crippen molar-refractivity contribution in [1.82, 2.24) is 19.7 Å². The maximum absolute atomic E-state index is 15.0. The summed E-state index contributed by atoms with van der Waals surface area (Å²) in [6, 6.07) is 11.3. The molecule has 22 heteroatoms. The second-order valence-corrected chi connectivity index (χ2v) is 17.1. The van der Waals surface area contributed by atoms with Crippen molar-refractivity contribution in [2.45, 2.75) is 82.6 Å². The summed E-state index contributed by atoms with van der Waals surface area (Å²) in [5.41, 5.74) is 13.0. The van der Waals surface area contributed by atoms with Gasteiger partial charge in [-0.3, -0.25) is 33.7 Å². The van der Waals surface area contributed by atoms with Crippen LogP contribution in [0.4, 0.5) is 22.0 Å². The van der Waals surface area contributed by atoms with Gasteiger partial charge in [0.2, 0.25) is 23.6 Å². The molecule has 4 rings (SSSR count). The topological polar surface area (TPSA) is 256 Å². The summed E-state index contributed by atoms with van der Waals surface area (Å²) in [5.74, 6) is -8.01. The van der Waals surface area contributed by atoms with Crippen LogP contribution in [-0.4, -0.2) is 127 Å². The summed E-state index contributed by atoms with van der Waals surface area (Å²) in [4.78, 5) is 86.3. The Balaban J connectivity index is 0.00000143. The molecule has 0 radical (unpaired) electrons. The first kappa shape index (κ1) is 52.6. The van der Waals surface area contributed by atoms with Crippen LogP contribution in [0.3, 0.4) is 0 Å². The molecule has 4 amide bonds. The highest BCUT2D eigenvalue weighted by Gasteiger charge is 2.41. The zero-order valence-electron chi connectivity index (χ0n) is 35.1. The summed E-state index contributed by atoms with van der Waals surface area (Å²) in [7, 11) is 0. The van der Waals surface area contributed by atoms with Gasteiger partial charge in [0.15, 0.2) is 5.78 Å². The van der Waals surface area contributed by atoms with Crippen molar-refractivity contribution in [3.63, 3.8) is 0 Å². The normalized spacial score (nSPS) is 15.5. The van der Waals surface area contributed by atoms with Gasteiger partial charge < -0.3 is 41.6 Å². The molecule has 1 aliphatic heterocycles. The number of ketones is 1. The van der Waals surface area contributed by atoms with Crippen LogP contribution >= 0.6 is 11.8 Å². The predicted molar refractivity (Wildman–Crippen MR) is 223 cm³/mol. The fourth-order valence-corrected chi connectivity index (χ4v) is 7.75. The SMILES string of the molecule is CC(C)(C)[C@H](c1cc(-c2cc(F)ccc2F)cn1Cc1ccccc1)N(CC[C@H](N)C(=O)NCCCC(=O)CN1C(=O)CC(SC[C@H](N)C(=O)O)C1=O)C(=O)CO.O=C(O)C(F)(F)F. The summed E-state index contributed by atoms with van der Waals surface area (Å²) in [5, 5.41) is 28.0. The van der Waals surface area contributed by atoms with Crippen LogP contribution in [0.1, 0.15) is 63.8 Å². The molecule has 4 atom stereocenters. The Labute approximate surface area is 369 Å². The first-order valence-electron chi connectivity index (χ1n) is 19.7. The molecule has 2 heterocycles. The second-order valence-electron chi connectivity index (χ2n) is 15.8. The smallest absolute Gasteiger partial charge is 0.480 e. The van der Waals surface area contributed by atoms with E-state index in [1.807, 2.05) is 55.7 Å². The van der Waals surface area contributed by atoms with Crippen LogP contribution in [0.2, 0.25) is 0 Å². The maximum atomic E-state index is 15.0. The molecule has 64 heavy (non-hydrogen) atoms. The molecule has 1 unspecified atom stereocenters. The maximum Gasteiger partial charge on any atom is 0.490 e. The van der Waals surface area contributed by atoms with Crippen molar-refractivity contribution in [3.8, 4) is 11.1 Å². The van der Waals surface area contributed by atoms with E-state index in [2.05, 4.69) is 5.32 Å². The number of carboxylic acid groups (broad SMARTS) is 2. The Bertz CT molecular complexity index is 2150. The molecule has 0 bridgehead atoms. The van der Waals surface area contributed by atoms with E-state index in [1.54, 1.807) is 12.3 Å². The van der Waals surface area contributed by atoms with Gasteiger partial charge in [0.1, 0.15) is 24.3 Å². The van der Waals surface area contributed by atoms with Crippen LogP contribution in [0.15, 0.2) is 60.8 Å². The van der Waals surface area contributed by atoms with E-state index in [-0.39, 0.29) is 50.1 Å². The van der Waals surface area contributed by atoms with E-state index in [0.717, 1.165) is 40.4 Å². The monoisotopic (exact) mass is 926 g/mol. The third kappa shape index (κ3) is 15.2. The van der Waals surface area contributed by atoms with Crippen LogP contribution < -0.4 is 16.8 Å². The minimum Gasteiger partial charge on any atom is -0.480 e. The number of nitrogens with two attached hydrogens (primary N) is 2. The van der Waals surface area contributed by atoms with Gasteiger partial charge in [-0.15, -0.1) is 11.8 Å². The minimum absolute atomic E-state index is 0.0103. The van der Waals surface area contributed by atoms with Crippen molar-refractivity contribution in [1.29, 1.82) is 0 Å². The number of nitrogens with one attached hydrogen (secondary N) is 1. The lowest BCUT2D eigenvalue weighted by molar-refractivity contribution is -0.192. The van der Waals surface area contributed by atoms with Gasteiger partial charge in [-0.25, -0.2) is 13.6 Å². The number of rotatable bonds is 20. The molecule has 2 aromatic carbocycles. The number of likely N-dealkylation sites (tertiary alicyclic amines) is 1. The highest BCUT2D eigenvalue weighted by Crippen LogP contribution is 2.41. The number of carbonyl (C=O) groups is 7. The van der Waals surface area contributed by atoms with Crippen LogP contribution in [0.25, 0.3) is 11.1 Å². The number of imide groups is 1. The number of halogens is 5. The quantitative estimate of drug-likeness (QED) is 0.0540. The van der Waals surface area contributed by atoms with E-state index in [4.69, 9.17) is 26.5 Å². The summed E-state index contributed by atoms with van der Waals surface area (Å²) < 4.78 is 62.9. The molecule has 1 aliphatic rings. The van der Waals surface area contributed by atoms with E-state index < -0.39 is 101 Å². The van der Waals surface area contributed by atoms with Gasteiger partial charge in [-0.05, 0) is 48.1 Å². The summed E-state index contributed by atoms with van der Waals surface area (Å²) in [6.45, 7) is 4.77. The number of carboxylic acids is 2. The Morgan fingerprint density at radius 1 is 0.969 bits per heavy atom. The van der Waals surface area contributed by atoms with Crippen molar-refractivity contribution < 1.29 is 70.8 Å². The summed E-state index contributed by atoms with van der Waals surface area (Å²) in [6.07, 6.45) is -3.42. The van der Waals surface area contributed by atoms with Gasteiger partial charge in [0, 0.05) is 61.2 Å². The van der Waals surface area contributed by atoms with Crippen molar-refractivity contribution in [2.75, 3.05) is 32.0 Å². The number of Topliss-reactive ketones (excluding diaryl/α,β-unsaturated/α-hetero) is 1. The number of amides is 4. The molecule has 1 aromatic heterocycles. The molecular formula is C42H51F5N6O10S. The zero-order valence-corrected chi connectivity index (χ0v) is 36.0. The molecule has 16 nitrogen and oxygen atoms in total. The zero-order chi connectivity index (χ0) is 48.1. The highest BCUT2D eigenvalue weighted by molar-refractivity contribution is 8.00. The standard InChI is InChI=1S/C40H50F2N6O8S.C2HF3O2/c1-40(2,3)36(32-16-25(28-17-26(41)11-12-29(28)42)20-46(32)19-24-8-5-4-6-9-24)47(35(52)22-49)15-13-30(43)37(53)45-14-7-10-27(50)21-48-34(51)18-33(38(48)54)57-23-31(44)39(55)56;3-2(4,5)1(6)7/h4-6,8-9,11-12,16-17,20,30-31,33,36,49H,7,10,13-15,18-19,21-23,43-44H2,1-3H3,(H,45,53)(H,55,56);(H,6,7)/t30-,31-,33?,36-;/m0./s1. The molecule has 0 saturated carbocycles. The average Bonchev–Trinajstić information content (AvgIpc) is 3.74. The van der Waals surface area contributed by atoms with Crippen LogP contribution in [-0.2, 0) is 40.1 Å². The van der Waals surface area contributed by atoms with Gasteiger partial charge in [0.05, 0.1) is 23.9 Å². The predicted octanol–water partition coefficient (Wildman–Crippen LogP) is 3.48. The van der Waals surface area contributed by atoms with Crippen LogP contribution in [0, 0.1) is 17.0 Å². The van der Waals surface area contributed by atoms with Crippen molar-refractivity contribution >= 4 is 53.1 Å². The average molecular weight is 927 g/mol. The molecular weight excluding hydrogens is 876 g/mol. The molecule has 0 aliphatic carbocycles. The number of hydrogen-bond acceptors (Lipinski definition) is 11. The number of thioether (sulfide) groups is 1. The molecule has 350 valence electrons. The van der Waals surface area contributed by atoms with Crippen molar-refractivity contribution in [2.24, 2.45) is 16.9 Å². The van der Waals surface area contributed by atoms with E-state index in [0.29, 0.717) is 17.8 Å². The Hall–Kier alpha value is -5.71. The fourth-order valence-electron chi connectivity index (χ4n) is 6.63. The summed E-state index contributed by atoms with van der Waals surface area (Å²) >= 11 is 0.954.